The van der Waals surface area contributed by atoms with Crippen LogP contribution in [-0.2, 0) is 5.41 Å². The SMILES string of the molecule is Clc1ccc2nc(NCC3(c4ccccc4)CC3)[nH]c2c1. The van der Waals surface area contributed by atoms with Gasteiger partial charge < -0.3 is 10.3 Å². The Labute approximate surface area is 128 Å². The predicted octanol–water partition coefficient (Wildman–Crippen LogP) is 4.36. The minimum Gasteiger partial charge on any atom is -0.355 e. The van der Waals surface area contributed by atoms with Crippen LogP contribution in [0.15, 0.2) is 48.5 Å². The number of benzene rings is 2. The Morgan fingerprint density at radius 3 is 2.71 bits per heavy atom. The van der Waals surface area contributed by atoms with E-state index in [9.17, 15) is 0 Å². The molecule has 3 aromatic rings. The number of aromatic nitrogens is 2. The number of hydrogen-bond donors (Lipinski definition) is 2. The van der Waals surface area contributed by atoms with Crippen LogP contribution < -0.4 is 5.32 Å². The average Bonchev–Trinajstić information content (AvgIpc) is 3.20. The summed E-state index contributed by atoms with van der Waals surface area (Å²) < 4.78 is 0. The highest BCUT2D eigenvalue weighted by Gasteiger charge is 2.43. The maximum atomic E-state index is 6.00. The van der Waals surface area contributed by atoms with Gasteiger partial charge in [0.1, 0.15) is 0 Å². The molecule has 0 unspecified atom stereocenters. The minimum absolute atomic E-state index is 0.276. The number of nitrogens with zero attached hydrogens (tertiary/aromatic N) is 1. The van der Waals surface area contributed by atoms with E-state index in [1.807, 2.05) is 18.2 Å². The van der Waals surface area contributed by atoms with Gasteiger partial charge >= 0.3 is 0 Å². The molecule has 1 aromatic heterocycles. The topological polar surface area (TPSA) is 40.7 Å². The van der Waals surface area contributed by atoms with Crippen LogP contribution in [0.4, 0.5) is 5.95 Å². The van der Waals surface area contributed by atoms with Crippen molar-refractivity contribution >= 4 is 28.6 Å². The molecule has 0 saturated heterocycles. The van der Waals surface area contributed by atoms with Crippen LogP contribution in [0.25, 0.3) is 11.0 Å². The second-order valence-electron chi connectivity index (χ2n) is 5.75. The van der Waals surface area contributed by atoms with Gasteiger partial charge in [-0.2, -0.15) is 0 Å². The Bertz CT molecular complexity index is 775. The van der Waals surface area contributed by atoms with E-state index < -0.39 is 0 Å². The Hall–Kier alpha value is -2.00. The lowest BCUT2D eigenvalue weighted by molar-refractivity contribution is 0.728. The summed E-state index contributed by atoms with van der Waals surface area (Å²) in [6.45, 7) is 0.907. The number of H-pyrrole nitrogens is 1. The van der Waals surface area contributed by atoms with Gasteiger partial charge in [-0.15, -0.1) is 0 Å². The maximum absolute atomic E-state index is 6.00. The molecule has 1 fully saturated rings. The summed E-state index contributed by atoms with van der Waals surface area (Å²) in [7, 11) is 0. The molecule has 0 bridgehead atoms. The van der Waals surface area contributed by atoms with Crippen molar-refractivity contribution in [3.63, 3.8) is 0 Å². The molecule has 2 aromatic carbocycles. The second-order valence-corrected chi connectivity index (χ2v) is 6.18. The van der Waals surface area contributed by atoms with E-state index in [0.29, 0.717) is 0 Å². The van der Waals surface area contributed by atoms with E-state index in [4.69, 9.17) is 11.6 Å². The second kappa shape index (κ2) is 4.78. The zero-order valence-corrected chi connectivity index (χ0v) is 12.3. The molecule has 106 valence electrons. The Balaban J connectivity index is 1.53. The number of nitrogens with one attached hydrogen (secondary N) is 2. The Morgan fingerprint density at radius 1 is 1.14 bits per heavy atom. The molecule has 0 amide bonds. The maximum Gasteiger partial charge on any atom is 0.201 e. The predicted molar refractivity (Wildman–Crippen MR) is 86.9 cm³/mol. The summed E-state index contributed by atoms with van der Waals surface area (Å²) in [6.07, 6.45) is 2.46. The number of fused-ring (bicyclic) bond motifs is 1. The molecule has 2 N–H and O–H groups in total. The smallest absolute Gasteiger partial charge is 0.201 e. The molecule has 21 heavy (non-hydrogen) atoms. The lowest BCUT2D eigenvalue weighted by Gasteiger charge is -2.16. The molecular formula is C17H16ClN3. The van der Waals surface area contributed by atoms with Crippen LogP contribution in [0, 0.1) is 0 Å². The number of halogens is 1. The zero-order valence-electron chi connectivity index (χ0n) is 11.6. The van der Waals surface area contributed by atoms with Crippen LogP contribution in [0.2, 0.25) is 5.02 Å². The quantitative estimate of drug-likeness (QED) is 0.751. The fourth-order valence-corrected chi connectivity index (χ4v) is 3.00. The fraction of sp³-hybridized carbons (Fsp3) is 0.235. The van der Waals surface area contributed by atoms with Crippen molar-refractivity contribution in [2.45, 2.75) is 18.3 Å². The molecular weight excluding hydrogens is 282 g/mol. The van der Waals surface area contributed by atoms with Crippen molar-refractivity contribution in [2.24, 2.45) is 0 Å². The summed E-state index contributed by atoms with van der Waals surface area (Å²) in [6, 6.07) is 16.4. The Morgan fingerprint density at radius 2 is 1.95 bits per heavy atom. The van der Waals surface area contributed by atoms with Gasteiger partial charge in [-0.25, -0.2) is 4.98 Å². The molecule has 0 spiro atoms. The molecule has 1 saturated carbocycles. The number of rotatable bonds is 4. The van der Waals surface area contributed by atoms with Crippen molar-refractivity contribution in [3.05, 3.63) is 59.1 Å². The van der Waals surface area contributed by atoms with Crippen LogP contribution in [-0.4, -0.2) is 16.5 Å². The van der Waals surface area contributed by atoms with Gasteiger partial charge in [0.2, 0.25) is 5.95 Å². The largest absolute Gasteiger partial charge is 0.355 e. The summed E-state index contributed by atoms with van der Waals surface area (Å²) in [5.74, 6) is 0.814. The summed E-state index contributed by atoms with van der Waals surface area (Å²) in [5.41, 5.74) is 3.59. The van der Waals surface area contributed by atoms with Gasteiger partial charge in [-0.1, -0.05) is 41.9 Å². The highest BCUT2D eigenvalue weighted by Crippen LogP contribution is 2.47. The van der Waals surface area contributed by atoms with Gasteiger partial charge in [0.05, 0.1) is 11.0 Å². The first kappa shape index (κ1) is 12.7. The van der Waals surface area contributed by atoms with Crippen LogP contribution in [0.1, 0.15) is 18.4 Å². The summed E-state index contributed by atoms with van der Waals surface area (Å²) >= 11 is 6.00. The third-order valence-corrected chi connectivity index (χ3v) is 4.51. The highest BCUT2D eigenvalue weighted by molar-refractivity contribution is 6.31. The van der Waals surface area contributed by atoms with Crippen molar-refractivity contribution < 1.29 is 0 Å². The van der Waals surface area contributed by atoms with Gasteiger partial charge in [0.15, 0.2) is 0 Å². The fourth-order valence-electron chi connectivity index (χ4n) is 2.83. The zero-order chi connectivity index (χ0) is 14.3. The molecule has 4 heteroatoms. The molecule has 0 aliphatic heterocycles. The Kier molecular flexibility index (Phi) is 2.89. The van der Waals surface area contributed by atoms with Gasteiger partial charge in [0, 0.05) is 17.0 Å². The third kappa shape index (κ3) is 2.38. The summed E-state index contributed by atoms with van der Waals surface area (Å²) in [5, 5.41) is 4.17. The van der Waals surface area contributed by atoms with Crippen molar-refractivity contribution in [3.8, 4) is 0 Å². The van der Waals surface area contributed by atoms with E-state index in [1.165, 1.54) is 18.4 Å². The highest BCUT2D eigenvalue weighted by atomic mass is 35.5. The lowest BCUT2D eigenvalue weighted by atomic mass is 9.96. The molecule has 3 nitrogen and oxygen atoms in total. The number of imidazole rings is 1. The third-order valence-electron chi connectivity index (χ3n) is 4.28. The van der Waals surface area contributed by atoms with E-state index in [1.54, 1.807) is 0 Å². The van der Waals surface area contributed by atoms with Crippen molar-refractivity contribution in [1.29, 1.82) is 0 Å². The monoisotopic (exact) mass is 297 g/mol. The molecule has 1 aliphatic rings. The van der Waals surface area contributed by atoms with Gasteiger partial charge in [-0.3, -0.25) is 0 Å². The normalized spacial score (nSPS) is 16.0. The first-order valence-electron chi connectivity index (χ1n) is 7.20. The van der Waals surface area contributed by atoms with Crippen LogP contribution in [0.5, 0.6) is 0 Å². The van der Waals surface area contributed by atoms with E-state index in [2.05, 4.69) is 45.6 Å². The molecule has 0 radical (unpaired) electrons. The summed E-state index contributed by atoms with van der Waals surface area (Å²) in [4.78, 5) is 7.83. The molecule has 1 aliphatic carbocycles. The minimum atomic E-state index is 0.276. The van der Waals surface area contributed by atoms with Gasteiger partial charge in [0.25, 0.3) is 0 Å². The van der Waals surface area contributed by atoms with E-state index in [-0.39, 0.29) is 5.41 Å². The number of aromatic amines is 1. The molecule has 0 atom stereocenters. The first-order valence-corrected chi connectivity index (χ1v) is 7.58. The average molecular weight is 298 g/mol. The van der Waals surface area contributed by atoms with Crippen LogP contribution in [0.3, 0.4) is 0 Å². The van der Waals surface area contributed by atoms with Crippen molar-refractivity contribution in [2.75, 3.05) is 11.9 Å². The number of hydrogen-bond acceptors (Lipinski definition) is 2. The lowest BCUT2D eigenvalue weighted by Crippen LogP contribution is -2.20. The molecule has 1 heterocycles. The number of anilines is 1. The molecule has 4 rings (SSSR count). The standard InChI is InChI=1S/C17H16ClN3/c18-13-6-7-14-15(10-13)21-16(20-14)19-11-17(8-9-17)12-4-2-1-3-5-12/h1-7,10H,8-9,11H2,(H2,19,20,21). The van der Waals surface area contributed by atoms with Gasteiger partial charge in [-0.05, 0) is 36.6 Å². The van der Waals surface area contributed by atoms with E-state index >= 15 is 0 Å². The van der Waals surface area contributed by atoms with Crippen LogP contribution >= 0.6 is 11.6 Å². The van der Waals surface area contributed by atoms with E-state index in [0.717, 1.165) is 28.5 Å². The first-order chi connectivity index (χ1) is 10.3. The van der Waals surface area contributed by atoms with Crippen molar-refractivity contribution in [1.82, 2.24) is 9.97 Å².